The number of aromatic nitrogens is 5. The zero-order valence-corrected chi connectivity index (χ0v) is 15.4. The third-order valence-corrected chi connectivity index (χ3v) is 5.46. The van der Waals surface area contributed by atoms with Gasteiger partial charge in [-0.1, -0.05) is 30.1 Å². The normalized spacial score (nSPS) is 15.5. The predicted molar refractivity (Wildman–Crippen MR) is 102 cm³/mol. The maximum Gasteiger partial charge on any atom is 0.278 e. The molecular weight excluding hydrogens is 342 g/mol. The third-order valence-electron chi connectivity index (χ3n) is 5.46. The molecule has 1 fully saturated rings. The molecule has 1 aromatic carbocycles. The van der Waals surface area contributed by atoms with Crippen LogP contribution in [0.4, 0.5) is 0 Å². The van der Waals surface area contributed by atoms with Gasteiger partial charge in [0.05, 0.1) is 11.0 Å². The summed E-state index contributed by atoms with van der Waals surface area (Å²) >= 11 is 0. The van der Waals surface area contributed by atoms with E-state index in [1.54, 1.807) is 10.9 Å². The molecule has 0 N–H and O–H groups in total. The minimum atomic E-state index is -0.0941. The van der Waals surface area contributed by atoms with Crippen molar-refractivity contribution in [3.63, 3.8) is 0 Å². The molecular formula is C20H21N5O2. The Kier molecular flexibility index (Phi) is 3.63. The fourth-order valence-electron chi connectivity index (χ4n) is 4.18. The van der Waals surface area contributed by atoms with Crippen molar-refractivity contribution in [2.75, 3.05) is 0 Å². The Labute approximate surface area is 155 Å². The van der Waals surface area contributed by atoms with E-state index in [1.807, 2.05) is 42.5 Å². The molecule has 3 heterocycles. The first-order valence-corrected chi connectivity index (χ1v) is 9.49. The number of para-hydroxylation sites is 2. The Morgan fingerprint density at radius 1 is 1.15 bits per heavy atom. The number of rotatable bonds is 3. The highest BCUT2D eigenvalue weighted by atomic mass is 16.5. The molecule has 0 radical (unpaired) electrons. The zero-order chi connectivity index (χ0) is 18.5. The molecule has 0 bridgehead atoms. The second kappa shape index (κ2) is 6.04. The molecule has 3 aromatic heterocycles. The van der Waals surface area contributed by atoms with Crippen LogP contribution in [0, 0.1) is 0 Å². The number of imidazole rings is 1. The van der Waals surface area contributed by atoms with Crippen molar-refractivity contribution in [3.8, 4) is 11.5 Å². The molecule has 27 heavy (non-hydrogen) atoms. The second-order valence-electron chi connectivity index (χ2n) is 7.51. The second-order valence-corrected chi connectivity index (χ2v) is 7.51. The van der Waals surface area contributed by atoms with Crippen molar-refractivity contribution in [2.45, 2.75) is 51.5 Å². The average molecular weight is 363 g/mol. The maximum absolute atomic E-state index is 13.3. The lowest BCUT2D eigenvalue weighted by Crippen LogP contribution is -2.24. The van der Waals surface area contributed by atoms with Gasteiger partial charge < -0.3 is 9.09 Å². The lowest BCUT2D eigenvalue weighted by atomic mass is 10.1. The van der Waals surface area contributed by atoms with E-state index in [1.165, 1.54) is 12.8 Å². The minimum absolute atomic E-state index is 0.0227. The van der Waals surface area contributed by atoms with Crippen LogP contribution in [0.25, 0.3) is 28.1 Å². The molecule has 0 amide bonds. The summed E-state index contributed by atoms with van der Waals surface area (Å²) in [7, 11) is 0. The van der Waals surface area contributed by atoms with E-state index >= 15 is 0 Å². The smallest absolute Gasteiger partial charge is 0.278 e. The topological polar surface area (TPSA) is 78.2 Å². The van der Waals surface area contributed by atoms with Gasteiger partial charge in [-0.05, 0) is 38.8 Å². The van der Waals surface area contributed by atoms with Gasteiger partial charge in [0.15, 0.2) is 0 Å². The SMILES string of the molecule is CC(C)n1c(=O)c2c(-c3noc(C4CCCC4)n3)ncn2c2ccccc21. The van der Waals surface area contributed by atoms with Gasteiger partial charge in [-0.15, -0.1) is 0 Å². The van der Waals surface area contributed by atoms with Crippen LogP contribution in [0.15, 0.2) is 39.9 Å². The Balaban J connectivity index is 1.76. The van der Waals surface area contributed by atoms with E-state index in [2.05, 4.69) is 15.1 Å². The fraction of sp³-hybridized carbons (Fsp3) is 0.400. The van der Waals surface area contributed by atoms with Crippen LogP contribution in [0.5, 0.6) is 0 Å². The van der Waals surface area contributed by atoms with Gasteiger partial charge >= 0.3 is 0 Å². The molecule has 5 rings (SSSR count). The summed E-state index contributed by atoms with van der Waals surface area (Å²) in [6.45, 7) is 4.01. The molecule has 0 spiro atoms. The van der Waals surface area contributed by atoms with Crippen molar-refractivity contribution in [1.29, 1.82) is 0 Å². The van der Waals surface area contributed by atoms with E-state index in [-0.39, 0.29) is 11.6 Å². The fourth-order valence-corrected chi connectivity index (χ4v) is 4.18. The summed E-state index contributed by atoms with van der Waals surface area (Å²) in [5, 5.41) is 4.14. The lowest BCUT2D eigenvalue weighted by Gasteiger charge is -2.15. The molecule has 0 aliphatic heterocycles. The quantitative estimate of drug-likeness (QED) is 0.551. The van der Waals surface area contributed by atoms with Crippen LogP contribution >= 0.6 is 0 Å². The lowest BCUT2D eigenvalue weighted by molar-refractivity contribution is 0.354. The van der Waals surface area contributed by atoms with Gasteiger partial charge in [0.1, 0.15) is 17.5 Å². The van der Waals surface area contributed by atoms with Crippen molar-refractivity contribution in [1.82, 2.24) is 24.1 Å². The molecule has 1 aliphatic rings. The molecule has 4 aromatic rings. The summed E-state index contributed by atoms with van der Waals surface area (Å²) in [6, 6.07) is 7.88. The van der Waals surface area contributed by atoms with Crippen molar-refractivity contribution >= 4 is 16.6 Å². The van der Waals surface area contributed by atoms with Crippen LogP contribution in [0.3, 0.4) is 0 Å². The molecule has 7 heteroatoms. The minimum Gasteiger partial charge on any atom is -0.339 e. The largest absolute Gasteiger partial charge is 0.339 e. The van der Waals surface area contributed by atoms with E-state index in [9.17, 15) is 4.79 Å². The molecule has 0 unspecified atom stereocenters. The van der Waals surface area contributed by atoms with E-state index in [0.717, 1.165) is 23.9 Å². The summed E-state index contributed by atoms with van der Waals surface area (Å²) in [6.07, 6.45) is 6.22. The van der Waals surface area contributed by atoms with Gasteiger partial charge in [0, 0.05) is 12.0 Å². The highest BCUT2D eigenvalue weighted by Crippen LogP contribution is 2.34. The Bertz CT molecular complexity index is 1190. The monoisotopic (exact) mass is 363 g/mol. The number of benzene rings is 1. The Morgan fingerprint density at radius 2 is 1.89 bits per heavy atom. The average Bonchev–Trinajstić information content (AvgIpc) is 3.40. The molecule has 0 saturated heterocycles. The maximum atomic E-state index is 13.3. The molecule has 138 valence electrons. The van der Waals surface area contributed by atoms with E-state index in [0.29, 0.717) is 28.8 Å². The van der Waals surface area contributed by atoms with Crippen LogP contribution in [-0.4, -0.2) is 24.1 Å². The van der Waals surface area contributed by atoms with Gasteiger partial charge in [-0.25, -0.2) is 4.98 Å². The van der Waals surface area contributed by atoms with Crippen molar-refractivity contribution < 1.29 is 4.52 Å². The van der Waals surface area contributed by atoms with Crippen molar-refractivity contribution in [2.24, 2.45) is 0 Å². The van der Waals surface area contributed by atoms with Crippen molar-refractivity contribution in [3.05, 3.63) is 46.8 Å². The van der Waals surface area contributed by atoms with Crippen LogP contribution in [0.2, 0.25) is 0 Å². The summed E-state index contributed by atoms with van der Waals surface area (Å²) in [5.41, 5.74) is 2.69. The highest BCUT2D eigenvalue weighted by Gasteiger charge is 2.26. The number of hydrogen-bond donors (Lipinski definition) is 0. The number of nitrogens with zero attached hydrogens (tertiary/aromatic N) is 5. The van der Waals surface area contributed by atoms with E-state index in [4.69, 9.17) is 4.52 Å². The van der Waals surface area contributed by atoms with Gasteiger partial charge in [-0.3, -0.25) is 9.20 Å². The third kappa shape index (κ3) is 2.41. The first-order valence-electron chi connectivity index (χ1n) is 9.49. The molecule has 1 aliphatic carbocycles. The predicted octanol–water partition coefficient (Wildman–Crippen LogP) is 3.94. The van der Waals surface area contributed by atoms with E-state index < -0.39 is 0 Å². The summed E-state index contributed by atoms with van der Waals surface area (Å²) in [5.74, 6) is 1.38. The molecule has 0 atom stereocenters. The van der Waals surface area contributed by atoms with Gasteiger partial charge in [0.2, 0.25) is 11.7 Å². The zero-order valence-electron chi connectivity index (χ0n) is 15.4. The summed E-state index contributed by atoms with van der Waals surface area (Å²) in [4.78, 5) is 22.4. The van der Waals surface area contributed by atoms with Gasteiger partial charge in [-0.2, -0.15) is 4.98 Å². The first-order chi connectivity index (χ1) is 13.1. The van der Waals surface area contributed by atoms with Crippen LogP contribution in [-0.2, 0) is 0 Å². The van der Waals surface area contributed by atoms with Crippen LogP contribution < -0.4 is 5.56 Å². The Morgan fingerprint density at radius 3 is 2.63 bits per heavy atom. The first kappa shape index (κ1) is 16.2. The standard InChI is InChI=1S/C20H21N5O2/c1-12(2)25-15-10-6-5-9-14(15)24-11-21-16(17(24)20(25)26)18-22-19(27-23-18)13-7-3-4-8-13/h5-6,9-13H,3-4,7-8H2,1-2H3. The van der Waals surface area contributed by atoms with Crippen LogP contribution in [0.1, 0.15) is 57.4 Å². The highest BCUT2D eigenvalue weighted by molar-refractivity contribution is 5.83. The summed E-state index contributed by atoms with van der Waals surface area (Å²) < 4.78 is 9.14. The van der Waals surface area contributed by atoms with Gasteiger partial charge in [0.25, 0.3) is 5.56 Å². The Hall–Kier alpha value is -2.96. The number of hydrogen-bond acceptors (Lipinski definition) is 5. The molecule has 1 saturated carbocycles. The number of fused-ring (bicyclic) bond motifs is 3. The molecule has 7 nitrogen and oxygen atoms in total.